The van der Waals surface area contributed by atoms with Gasteiger partial charge in [0.1, 0.15) is 0 Å². The average molecular weight is 235 g/mol. The lowest BCUT2D eigenvalue weighted by Gasteiger charge is -2.19. The number of halogens is 3. The molecule has 1 aromatic carbocycles. The maximum atomic E-state index is 12.6. The first-order valence-electron chi connectivity index (χ1n) is 4.34. The molecule has 0 amide bonds. The number of ether oxygens (including phenoxy) is 1. The van der Waals surface area contributed by atoms with E-state index < -0.39 is 12.4 Å². The maximum Gasteiger partial charge on any atom is 0.513 e. The Morgan fingerprint density at radius 3 is 2.47 bits per heavy atom. The van der Waals surface area contributed by atoms with E-state index in [9.17, 15) is 12.9 Å². The molecule has 1 aromatic rings. The van der Waals surface area contributed by atoms with Crippen LogP contribution in [0.3, 0.4) is 0 Å². The van der Waals surface area contributed by atoms with Crippen molar-refractivity contribution < 1.29 is 17.7 Å². The Morgan fingerprint density at radius 1 is 1.33 bits per heavy atom. The first-order valence-corrected chi connectivity index (χ1v) is 5.74. The number of thioether (sulfide) groups is 1. The second-order valence-corrected chi connectivity index (χ2v) is 3.95. The predicted octanol–water partition coefficient (Wildman–Crippen LogP) is 2.61. The van der Waals surface area contributed by atoms with Crippen molar-refractivity contribution >= 4 is 24.2 Å². The minimum absolute atomic E-state index is 0.104. The normalized spacial score (nSPS) is 11.5. The Labute approximate surface area is 91.1 Å². The molecular formula is C9H11BF3OS-. The van der Waals surface area contributed by atoms with Crippen LogP contribution in [0, 0.1) is 0 Å². The molecular weight excluding hydrogens is 224 g/mol. The van der Waals surface area contributed by atoms with E-state index >= 15 is 0 Å². The Hall–Kier alpha value is -0.775. The van der Waals surface area contributed by atoms with Crippen molar-refractivity contribution in [3.63, 3.8) is 0 Å². The Balaban J connectivity index is 3.13. The molecule has 0 aliphatic rings. The van der Waals surface area contributed by atoms with Gasteiger partial charge < -0.3 is 17.7 Å². The summed E-state index contributed by atoms with van der Waals surface area (Å²) >= 11 is 1.49. The van der Waals surface area contributed by atoms with E-state index in [-0.39, 0.29) is 5.75 Å². The highest BCUT2D eigenvalue weighted by atomic mass is 32.2. The number of methoxy groups -OCH3 is 1. The van der Waals surface area contributed by atoms with Crippen molar-refractivity contribution in [2.24, 2.45) is 0 Å². The van der Waals surface area contributed by atoms with Gasteiger partial charge >= 0.3 is 6.98 Å². The summed E-state index contributed by atoms with van der Waals surface area (Å²) in [5.41, 5.74) is 0.0153. The van der Waals surface area contributed by atoms with Gasteiger partial charge in [-0.05, 0) is 17.9 Å². The van der Waals surface area contributed by atoms with E-state index in [0.717, 1.165) is 6.07 Å². The molecule has 0 atom stereocenters. The molecule has 0 fully saturated rings. The van der Waals surface area contributed by atoms with Gasteiger partial charge in [-0.15, -0.1) is 0 Å². The Bertz CT molecular complexity index is 341. The van der Waals surface area contributed by atoms with E-state index in [1.54, 1.807) is 6.07 Å². The van der Waals surface area contributed by atoms with Gasteiger partial charge in [0.15, 0.2) is 0 Å². The molecule has 0 aromatic heterocycles. The molecule has 1 nitrogen and oxygen atoms in total. The van der Waals surface area contributed by atoms with Gasteiger partial charge in [-0.2, -0.15) is 11.8 Å². The highest BCUT2D eigenvalue weighted by Crippen LogP contribution is 2.20. The smallest absolute Gasteiger partial charge is 0.500 e. The number of benzene rings is 1. The Morgan fingerprint density at radius 2 is 2.00 bits per heavy atom. The van der Waals surface area contributed by atoms with Crippen LogP contribution in [0.4, 0.5) is 12.9 Å². The van der Waals surface area contributed by atoms with Gasteiger partial charge in [-0.3, -0.25) is 0 Å². The fourth-order valence-electron chi connectivity index (χ4n) is 1.30. The van der Waals surface area contributed by atoms with Crippen molar-refractivity contribution in [3.05, 3.63) is 23.8 Å². The third-order valence-corrected chi connectivity index (χ3v) is 2.58. The summed E-state index contributed by atoms with van der Waals surface area (Å²) < 4.78 is 42.6. The third-order valence-electron chi connectivity index (χ3n) is 1.96. The lowest BCUT2D eigenvalue weighted by atomic mass is 9.78. The molecule has 0 heterocycles. The number of hydrogen-bond acceptors (Lipinski definition) is 2. The summed E-state index contributed by atoms with van der Waals surface area (Å²) in [7, 11) is 1.24. The van der Waals surface area contributed by atoms with Crippen LogP contribution in [0.25, 0.3) is 0 Å². The highest BCUT2D eigenvalue weighted by Gasteiger charge is 2.29. The molecule has 0 saturated carbocycles. The minimum atomic E-state index is -5.01. The average Bonchev–Trinajstić information content (AvgIpc) is 2.17. The summed E-state index contributed by atoms with van der Waals surface area (Å²) in [4.78, 5) is 0. The third kappa shape index (κ3) is 3.09. The maximum absolute atomic E-state index is 12.6. The molecule has 0 spiro atoms. The zero-order chi connectivity index (χ0) is 11.5. The molecule has 0 radical (unpaired) electrons. The first kappa shape index (κ1) is 12.3. The fourth-order valence-corrected chi connectivity index (χ4v) is 1.81. The van der Waals surface area contributed by atoms with Crippen molar-refractivity contribution in [2.75, 3.05) is 13.4 Å². The van der Waals surface area contributed by atoms with Crippen LogP contribution in [-0.4, -0.2) is 20.3 Å². The standard InChI is InChI=1S/C9H11BF3OS/c1-14-9-4-3-7(6-15-2)5-8(9)10(11,12)13/h3-5H,6H2,1-2H3/q-1. The van der Waals surface area contributed by atoms with Crippen LogP contribution in [-0.2, 0) is 5.75 Å². The van der Waals surface area contributed by atoms with Crippen molar-refractivity contribution in [1.82, 2.24) is 0 Å². The van der Waals surface area contributed by atoms with Gasteiger partial charge in [-0.25, -0.2) is 0 Å². The topological polar surface area (TPSA) is 9.23 Å². The SMILES string of the molecule is COc1ccc(CSC)cc1[B-](F)(F)F. The molecule has 0 aliphatic carbocycles. The largest absolute Gasteiger partial charge is 0.513 e. The number of rotatable bonds is 4. The summed E-state index contributed by atoms with van der Waals surface area (Å²) in [5.74, 6) is 0.468. The van der Waals surface area contributed by atoms with Crippen LogP contribution in [0.1, 0.15) is 5.56 Å². The van der Waals surface area contributed by atoms with Crippen LogP contribution in [0.2, 0.25) is 0 Å². The zero-order valence-corrected chi connectivity index (χ0v) is 9.28. The second kappa shape index (κ2) is 4.83. The summed E-state index contributed by atoms with van der Waals surface area (Å²) in [6.45, 7) is -5.01. The first-order chi connectivity index (χ1) is 6.99. The quantitative estimate of drug-likeness (QED) is 0.742. The molecule has 0 aliphatic heterocycles. The minimum Gasteiger partial charge on any atom is -0.500 e. The van der Waals surface area contributed by atoms with E-state index in [2.05, 4.69) is 0 Å². The Kier molecular flexibility index (Phi) is 3.96. The molecule has 0 bridgehead atoms. The van der Waals surface area contributed by atoms with Gasteiger partial charge in [0.25, 0.3) is 0 Å². The van der Waals surface area contributed by atoms with Gasteiger partial charge in [-0.1, -0.05) is 17.6 Å². The van der Waals surface area contributed by atoms with E-state index in [4.69, 9.17) is 4.74 Å². The van der Waals surface area contributed by atoms with Crippen molar-refractivity contribution in [1.29, 1.82) is 0 Å². The predicted molar refractivity (Wildman–Crippen MR) is 58.9 cm³/mol. The fraction of sp³-hybridized carbons (Fsp3) is 0.333. The van der Waals surface area contributed by atoms with Crippen LogP contribution in [0.15, 0.2) is 18.2 Å². The summed E-state index contributed by atoms with van der Waals surface area (Å²) in [6.07, 6.45) is 1.85. The lowest BCUT2D eigenvalue weighted by Crippen LogP contribution is -2.35. The molecule has 1 rings (SSSR count). The molecule has 15 heavy (non-hydrogen) atoms. The van der Waals surface area contributed by atoms with Crippen LogP contribution >= 0.6 is 11.8 Å². The van der Waals surface area contributed by atoms with Crippen LogP contribution < -0.4 is 10.2 Å². The second-order valence-electron chi connectivity index (χ2n) is 3.08. The summed E-state index contributed by atoms with van der Waals surface area (Å²) in [6, 6.07) is 4.19. The van der Waals surface area contributed by atoms with E-state index in [0.29, 0.717) is 11.3 Å². The number of hydrogen-bond donors (Lipinski definition) is 0. The lowest BCUT2D eigenvalue weighted by molar-refractivity contribution is 0.412. The molecule has 0 N–H and O–H groups in total. The van der Waals surface area contributed by atoms with Gasteiger partial charge in [0, 0.05) is 5.75 Å². The molecule has 0 unspecified atom stereocenters. The monoisotopic (exact) mass is 235 g/mol. The highest BCUT2D eigenvalue weighted by molar-refractivity contribution is 7.97. The van der Waals surface area contributed by atoms with E-state index in [1.807, 2.05) is 6.26 Å². The van der Waals surface area contributed by atoms with Crippen molar-refractivity contribution in [2.45, 2.75) is 5.75 Å². The van der Waals surface area contributed by atoms with Gasteiger partial charge in [0.2, 0.25) is 0 Å². The van der Waals surface area contributed by atoms with Crippen molar-refractivity contribution in [3.8, 4) is 5.75 Å². The zero-order valence-electron chi connectivity index (χ0n) is 8.47. The molecule has 0 saturated heterocycles. The molecule has 84 valence electrons. The molecule has 6 heteroatoms. The van der Waals surface area contributed by atoms with E-state index in [1.165, 1.54) is 24.9 Å². The summed E-state index contributed by atoms with van der Waals surface area (Å²) in [5, 5.41) is 0. The van der Waals surface area contributed by atoms with Crippen LogP contribution in [0.5, 0.6) is 5.75 Å². The van der Waals surface area contributed by atoms with Gasteiger partial charge in [0.05, 0.1) is 12.9 Å².